The first-order valence-electron chi connectivity index (χ1n) is 5.90. The van der Waals surface area contributed by atoms with Gasteiger partial charge in [0.25, 0.3) is 5.69 Å². The van der Waals surface area contributed by atoms with Crippen LogP contribution in [0.3, 0.4) is 0 Å². The highest BCUT2D eigenvalue weighted by Crippen LogP contribution is 2.34. The summed E-state index contributed by atoms with van der Waals surface area (Å²) in [6, 6.07) is 10.8. The first kappa shape index (κ1) is 14.9. The number of nitro benzene ring substituents is 1. The first-order chi connectivity index (χ1) is 9.50. The molecule has 0 aliphatic rings. The third-order valence-corrected chi connectivity index (χ3v) is 5.09. The fraction of sp³-hybridized carbons (Fsp3) is 0.143. The average Bonchev–Trinajstić information content (AvgIpc) is 2.41. The molecule has 0 unspecified atom stereocenters. The summed E-state index contributed by atoms with van der Waals surface area (Å²) in [7, 11) is 0. The van der Waals surface area contributed by atoms with Gasteiger partial charge in [-0.1, -0.05) is 18.2 Å². The number of nitrogens with zero attached hydrogens (tertiary/aromatic N) is 1. The summed E-state index contributed by atoms with van der Waals surface area (Å²) in [4.78, 5) is 11.6. The molecule has 0 fully saturated rings. The molecule has 0 heterocycles. The van der Waals surface area contributed by atoms with Gasteiger partial charge in [-0.25, -0.2) is 0 Å². The summed E-state index contributed by atoms with van der Waals surface area (Å²) in [5, 5.41) is 10.9. The van der Waals surface area contributed by atoms with E-state index in [1.807, 2.05) is 31.2 Å². The second-order valence-electron chi connectivity index (χ2n) is 4.27. The van der Waals surface area contributed by atoms with Gasteiger partial charge in [0.05, 0.1) is 9.40 Å². The van der Waals surface area contributed by atoms with E-state index in [4.69, 9.17) is 5.73 Å². The number of nitrogens with two attached hydrogens (primary N) is 1. The van der Waals surface area contributed by atoms with Crippen molar-refractivity contribution in [3.8, 4) is 0 Å². The van der Waals surface area contributed by atoms with Gasteiger partial charge in [0.2, 0.25) is 0 Å². The standard InChI is InChI=1S/C14H13BrN2O2S/c1-9-11(16)5-3-7-13(9)20-8-10-4-2-6-12(14(10)15)17(18)19/h2-7H,8,16H2,1H3. The van der Waals surface area contributed by atoms with Crippen LogP contribution in [0.1, 0.15) is 11.1 Å². The molecule has 0 spiro atoms. The molecule has 0 radical (unpaired) electrons. The quantitative estimate of drug-likeness (QED) is 0.379. The van der Waals surface area contributed by atoms with Crippen molar-refractivity contribution in [3.63, 3.8) is 0 Å². The van der Waals surface area contributed by atoms with Gasteiger partial charge in [0, 0.05) is 22.4 Å². The molecule has 2 aromatic carbocycles. The second kappa shape index (κ2) is 6.28. The molecule has 6 heteroatoms. The summed E-state index contributed by atoms with van der Waals surface area (Å²) >= 11 is 4.92. The van der Waals surface area contributed by atoms with Gasteiger partial charge in [-0.05, 0) is 46.1 Å². The van der Waals surface area contributed by atoms with Crippen molar-refractivity contribution in [3.05, 3.63) is 62.1 Å². The smallest absolute Gasteiger partial charge is 0.283 e. The topological polar surface area (TPSA) is 69.2 Å². The molecule has 20 heavy (non-hydrogen) atoms. The van der Waals surface area contributed by atoms with Crippen molar-refractivity contribution < 1.29 is 4.92 Å². The monoisotopic (exact) mass is 352 g/mol. The van der Waals surface area contributed by atoms with E-state index in [1.54, 1.807) is 17.8 Å². The number of rotatable bonds is 4. The Labute approximate surface area is 129 Å². The van der Waals surface area contributed by atoms with Gasteiger partial charge in [-0.2, -0.15) is 0 Å². The number of thioether (sulfide) groups is 1. The normalized spacial score (nSPS) is 10.5. The minimum Gasteiger partial charge on any atom is -0.398 e. The Bertz CT molecular complexity index is 662. The van der Waals surface area contributed by atoms with E-state index in [0.29, 0.717) is 10.2 Å². The van der Waals surface area contributed by atoms with E-state index in [1.165, 1.54) is 6.07 Å². The van der Waals surface area contributed by atoms with Crippen LogP contribution in [0, 0.1) is 17.0 Å². The van der Waals surface area contributed by atoms with Crippen LogP contribution in [-0.2, 0) is 5.75 Å². The number of benzene rings is 2. The van der Waals surface area contributed by atoms with Gasteiger partial charge in [0.1, 0.15) is 0 Å². The van der Waals surface area contributed by atoms with Gasteiger partial charge in [0.15, 0.2) is 0 Å². The number of nitrogen functional groups attached to an aromatic ring is 1. The lowest BCUT2D eigenvalue weighted by molar-refractivity contribution is -0.385. The molecular weight excluding hydrogens is 340 g/mol. The van der Waals surface area contributed by atoms with Crippen LogP contribution in [0.5, 0.6) is 0 Å². The van der Waals surface area contributed by atoms with Crippen molar-refractivity contribution in [1.29, 1.82) is 0 Å². The second-order valence-corrected chi connectivity index (χ2v) is 6.08. The van der Waals surface area contributed by atoms with E-state index < -0.39 is 0 Å². The van der Waals surface area contributed by atoms with E-state index in [9.17, 15) is 10.1 Å². The molecule has 4 nitrogen and oxygen atoms in total. The summed E-state index contributed by atoms with van der Waals surface area (Å²) in [5.74, 6) is 0.645. The van der Waals surface area contributed by atoms with Crippen molar-refractivity contribution in [1.82, 2.24) is 0 Å². The average molecular weight is 353 g/mol. The molecule has 2 aromatic rings. The molecule has 0 amide bonds. The Morgan fingerprint density at radius 3 is 2.70 bits per heavy atom. The Morgan fingerprint density at radius 2 is 2.00 bits per heavy atom. The summed E-state index contributed by atoms with van der Waals surface area (Å²) in [5.41, 5.74) is 8.65. The number of hydrogen-bond donors (Lipinski definition) is 1. The summed E-state index contributed by atoms with van der Waals surface area (Å²) in [6.07, 6.45) is 0. The van der Waals surface area contributed by atoms with E-state index >= 15 is 0 Å². The fourth-order valence-electron chi connectivity index (χ4n) is 1.76. The molecule has 0 bridgehead atoms. The van der Waals surface area contributed by atoms with E-state index in [0.717, 1.165) is 21.7 Å². The van der Waals surface area contributed by atoms with Crippen LogP contribution < -0.4 is 5.73 Å². The highest BCUT2D eigenvalue weighted by atomic mass is 79.9. The van der Waals surface area contributed by atoms with E-state index in [2.05, 4.69) is 15.9 Å². The van der Waals surface area contributed by atoms with Crippen LogP contribution in [0.4, 0.5) is 11.4 Å². The number of anilines is 1. The molecule has 0 saturated carbocycles. The van der Waals surface area contributed by atoms with Gasteiger partial charge < -0.3 is 5.73 Å². The Balaban J connectivity index is 2.21. The maximum Gasteiger partial charge on any atom is 0.283 e. The maximum atomic E-state index is 10.9. The van der Waals surface area contributed by atoms with Crippen molar-refractivity contribution in [2.24, 2.45) is 0 Å². The summed E-state index contributed by atoms with van der Waals surface area (Å²) in [6.45, 7) is 1.97. The maximum absolute atomic E-state index is 10.9. The van der Waals surface area contributed by atoms with Crippen LogP contribution in [-0.4, -0.2) is 4.92 Å². The SMILES string of the molecule is Cc1c(N)cccc1SCc1cccc([N+](=O)[O-])c1Br. The van der Waals surface area contributed by atoms with Crippen molar-refractivity contribution >= 4 is 39.1 Å². The molecule has 0 aromatic heterocycles. The lowest BCUT2D eigenvalue weighted by atomic mass is 10.2. The van der Waals surface area contributed by atoms with Crippen LogP contribution in [0.2, 0.25) is 0 Å². The van der Waals surface area contributed by atoms with Crippen LogP contribution in [0.25, 0.3) is 0 Å². The third kappa shape index (κ3) is 3.13. The van der Waals surface area contributed by atoms with Crippen LogP contribution >= 0.6 is 27.7 Å². The minimum absolute atomic E-state index is 0.0902. The molecular formula is C14H13BrN2O2S. The molecule has 2 N–H and O–H groups in total. The fourth-order valence-corrected chi connectivity index (χ4v) is 3.56. The lowest BCUT2D eigenvalue weighted by Gasteiger charge is -2.09. The molecule has 2 rings (SSSR count). The highest BCUT2D eigenvalue weighted by molar-refractivity contribution is 9.10. The molecule has 0 aliphatic heterocycles. The largest absolute Gasteiger partial charge is 0.398 e. The van der Waals surface area contributed by atoms with E-state index in [-0.39, 0.29) is 10.6 Å². The molecule has 0 aliphatic carbocycles. The minimum atomic E-state index is -0.385. The predicted molar refractivity (Wildman–Crippen MR) is 85.9 cm³/mol. The molecule has 0 saturated heterocycles. The number of hydrogen-bond acceptors (Lipinski definition) is 4. The number of nitro groups is 1. The Hall–Kier alpha value is -1.53. The van der Waals surface area contributed by atoms with Gasteiger partial charge in [-0.15, -0.1) is 11.8 Å². The zero-order valence-electron chi connectivity index (χ0n) is 10.8. The zero-order chi connectivity index (χ0) is 14.7. The first-order valence-corrected chi connectivity index (χ1v) is 7.68. The molecule has 104 valence electrons. The van der Waals surface area contributed by atoms with Gasteiger partial charge >= 0.3 is 0 Å². The zero-order valence-corrected chi connectivity index (χ0v) is 13.2. The predicted octanol–water partition coefficient (Wildman–Crippen LogP) is 4.54. The van der Waals surface area contributed by atoms with Gasteiger partial charge in [-0.3, -0.25) is 10.1 Å². The lowest BCUT2D eigenvalue weighted by Crippen LogP contribution is -1.94. The third-order valence-electron chi connectivity index (χ3n) is 2.96. The van der Waals surface area contributed by atoms with Crippen molar-refractivity contribution in [2.45, 2.75) is 17.6 Å². The molecule has 0 atom stereocenters. The van der Waals surface area contributed by atoms with Crippen molar-refractivity contribution in [2.75, 3.05) is 5.73 Å². The Morgan fingerprint density at radius 1 is 1.30 bits per heavy atom. The highest BCUT2D eigenvalue weighted by Gasteiger charge is 2.15. The Kier molecular flexibility index (Phi) is 4.67. The number of halogens is 1. The summed E-state index contributed by atoms with van der Waals surface area (Å²) < 4.78 is 0.541. The van der Waals surface area contributed by atoms with Crippen LogP contribution in [0.15, 0.2) is 45.8 Å².